The van der Waals surface area contributed by atoms with Crippen molar-refractivity contribution >= 4 is 69.3 Å². The van der Waals surface area contributed by atoms with Crippen LogP contribution >= 0.6 is 11.6 Å². The van der Waals surface area contributed by atoms with Crippen molar-refractivity contribution < 1.29 is 28.7 Å². The van der Waals surface area contributed by atoms with Gasteiger partial charge in [-0.15, -0.1) is 0 Å². The molecule has 0 spiro atoms. The molecule has 3 aromatic heterocycles. The zero-order valence-electron chi connectivity index (χ0n) is 37.6. The van der Waals surface area contributed by atoms with Gasteiger partial charge in [-0.2, -0.15) is 4.98 Å². The third-order valence-electron chi connectivity index (χ3n) is 13.7. The molecule has 2 unspecified atom stereocenters. The number of halogens is 1. The first-order chi connectivity index (χ1) is 31.3. The molecule has 9 rings (SSSR count). The van der Waals surface area contributed by atoms with E-state index in [0.717, 1.165) is 80.8 Å². The molecule has 3 atom stereocenters. The Morgan fingerprint density at radius 1 is 0.969 bits per heavy atom. The van der Waals surface area contributed by atoms with Gasteiger partial charge in [0.05, 0.1) is 41.2 Å². The first-order valence-corrected chi connectivity index (χ1v) is 23.4. The number of fused-ring (bicyclic) bond motifs is 2. The van der Waals surface area contributed by atoms with Gasteiger partial charge in [-0.1, -0.05) is 18.5 Å². The van der Waals surface area contributed by atoms with Crippen molar-refractivity contribution in [1.82, 2.24) is 34.6 Å². The number of pyridine rings is 2. The Balaban J connectivity index is 0.754. The standard InChI is InChI=1S/C47H57ClN10O7/c1-6-32(59)25-64-39-20-29-19-30(7-9-37(29)57(26(2)3)46(39)63)50-43-36(48)23-49-47(53-43)54-15-13-33(14-16-54)65-34-21-31(22-34)55-17-18-56(27(4)24-55)40-11-8-35-42(51-40)28(5)58(45(35)62)38-10-12-41(60)52-44(38)61/h7-9,11,19-20,23,26-28,31,33-34,38H,6,10,12-18,21-22,24-25H2,1-5H3,(H,49,50,53)(H,52,60,61)/t27-,28?,31?,34?,38?/m1/s1. The van der Waals surface area contributed by atoms with Gasteiger partial charge in [-0.25, -0.2) is 9.97 Å². The van der Waals surface area contributed by atoms with Crippen LogP contribution in [-0.2, 0) is 19.1 Å². The Morgan fingerprint density at radius 3 is 2.48 bits per heavy atom. The number of piperazine rings is 1. The van der Waals surface area contributed by atoms with Gasteiger partial charge in [0.1, 0.15) is 23.5 Å². The number of carbonyl (C=O) groups is 4. The number of anilines is 4. The number of nitrogens with one attached hydrogen (secondary N) is 2. The largest absolute Gasteiger partial charge is 0.480 e. The van der Waals surface area contributed by atoms with Crippen LogP contribution < -0.4 is 30.7 Å². The van der Waals surface area contributed by atoms with E-state index in [1.165, 1.54) is 0 Å². The Labute approximate surface area is 382 Å². The maximum absolute atomic E-state index is 13.4. The molecule has 4 aliphatic heterocycles. The van der Waals surface area contributed by atoms with Gasteiger partial charge in [0.15, 0.2) is 17.4 Å². The zero-order valence-corrected chi connectivity index (χ0v) is 38.3. The Morgan fingerprint density at radius 2 is 1.75 bits per heavy atom. The van der Waals surface area contributed by atoms with Crippen LogP contribution in [0.15, 0.2) is 47.4 Å². The van der Waals surface area contributed by atoms with Gasteiger partial charge in [-0.05, 0) is 96.2 Å². The second-order valence-electron chi connectivity index (χ2n) is 18.3. The number of hydrogen-bond donors (Lipinski definition) is 2. The fourth-order valence-corrected chi connectivity index (χ4v) is 10.1. The smallest absolute Gasteiger partial charge is 0.293 e. The van der Waals surface area contributed by atoms with Crippen molar-refractivity contribution in [2.75, 3.05) is 54.4 Å². The molecular formula is C47H57ClN10O7. The summed E-state index contributed by atoms with van der Waals surface area (Å²) in [5, 5.41) is 6.88. The highest BCUT2D eigenvalue weighted by atomic mass is 35.5. The molecule has 1 saturated carbocycles. The molecule has 7 heterocycles. The van der Waals surface area contributed by atoms with Crippen molar-refractivity contribution in [2.45, 2.75) is 122 Å². The summed E-state index contributed by atoms with van der Waals surface area (Å²) in [6.07, 6.45) is 6.62. The number of nitrogens with zero attached hydrogens (tertiary/aromatic N) is 8. The van der Waals surface area contributed by atoms with E-state index in [1.54, 1.807) is 28.7 Å². The molecule has 1 aliphatic carbocycles. The molecule has 65 heavy (non-hydrogen) atoms. The van der Waals surface area contributed by atoms with Crippen LogP contribution in [0.4, 0.5) is 23.3 Å². The van der Waals surface area contributed by atoms with E-state index in [2.05, 4.69) is 37.2 Å². The lowest BCUT2D eigenvalue weighted by atomic mass is 9.86. The molecule has 4 aromatic rings. The Kier molecular flexibility index (Phi) is 12.6. The molecule has 3 amide bonds. The highest BCUT2D eigenvalue weighted by molar-refractivity contribution is 6.33. The van der Waals surface area contributed by atoms with E-state index in [0.29, 0.717) is 46.9 Å². The van der Waals surface area contributed by atoms with E-state index in [1.807, 2.05) is 51.1 Å². The maximum Gasteiger partial charge on any atom is 0.293 e. The Hall–Kier alpha value is -5.65. The number of imide groups is 1. The summed E-state index contributed by atoms with van der Waals surface area (Å²) >= 11 is 6.61. The number of ether oxygens (including phenoxy) is 2. The first-order valence-electron chi connectivity index (χ1n) is 23.0. The summed E-state index contributed by atoms with van der Waals surface area (Å²) in [5.74, 6) is 1.01. The van der Waals surface area contributed by atoms with Crippen LogP contribution in [0.1, 0.15) is 108 Å². The van der Waals surface area contributed by atoms with Crippen LogP contribution in [0.3, 0.4) is 0 Å². The fourth-order valence-electron chi connectivity index (χ4n) is 10.0. The molecular weight excluding hydrogens is 852 g/mol. The van der Waals surface area contributed by atoms with Crippen molar-refractivity contribution in [1.29, 1.82) is 0 Å². The van der Waals surface area contributed by atoms with E-state index in [4.69, 9.17) is 31.0 Å². The number of rotatable bonds is 13. The molecule has 2 N–H and O–H groups in total. The minimum Gasteiger partial charge on any atom is -0.480 e. The average Bonchev–Trinajstić information content (AvgIpc) is 3.52. The number of benzene rings is 1. The minimum atomic E-state index is -0.678. The molecule has 4 fully saturated rings. The van der Waals surface area contributed by atoms with Crippen LogP contribution in [0.2, 0.25) is 5.02 Å². The molecule has 0 radical (unpaired) electrons. The predicted molar refractivity (Wildman–Crippen MR) is 246 cm³/mol. The number of Topliss-reactive ketones (excluding diaryl/α,β-unsaturated/α-hetero) is 1. The maximum atomic E-state index is 13.4. The average molecular weight is 909 g/mol. The first kappa shape index (κ1) is 44.5. The predicted octanol–water partition coefficient (Wildman–Crippen LogP) is 5.57. The number of carbonyl (C=O) groups excluding carboxylic acids is 4. The summed E-state index contributed by atoms with van der Waals surface area (Å²) in [4.78, 5) is 86.0. The van der Waals surface area contributed by atoms with Crippen molar-refractivity contribution in [2.24, 2.45) is 0 Å². The number of aromatic nitrogens is 4. The number of hydrogen-bond acceptors (Lipinski definition) is 14. The van der Waals surface area contributed by atoms with Gasteiger partial charge in [0.25, 0.3) is 11.5 Å². The molecule has 3 saturated heterocycles. The monoisotopic (exact) mass is 908 g/mol. The van der Waals surface area contributed by atoms with E-state index >= 15 is 0 Å². The van der Waals surface area contributed by atoms with Gasteiger partial charge in [-0.3, -0.25) is 34.2 Å². The summed E-state index contributed by atoms with van der Waals surface area (Å²) in [6.45, 7) is 13.8. The topological polar surface area (TPSA) is 184 Å². The van der Waals surface area contributed by atoms with Crippen molar-refractivity contribution in [3.05, 3.63) is 69.2 Å². The van der Waals surface area contributed by atoms with E-state index < -0.39 is 11.9 Å². The van der Waals surface area contributed by atoms with Crippen molar-refractivity contribution in [3.63, 3.8) is 0 Å². The van der Waals surface area contributed by atoms with Crippen LogP contribution in [0.25, 0.3) is 10.9 Å². The summed E-state index contributed by atoms with van der Waals surface area (Å²) in [6, 6.07) is 10.6. The van der Waals surface area contributed by atoms with Gasteiger partial charge < -0.3 is 34.1 Å². The number of ketones is 1. The summed E-state index contributed by atoms with van der Waals surface area (Å²) in [7, 11) is 0. The van der Waals surface area contributed by atoms with Crippen molar-refractivity contribution in [3.8, 4) is 5.75 Å². The van der Waals surface area contributed by atoms with E-state index in [-0.39, 0.29) is 72.3 Å². The normalized spacial score (nSPS) is 24.1. The highest BCUT2D eigenvalue weighted by Crippen LogP contribution is 2.38. The van der Waals surface area contributed by atoms with E-state index in [9.17, 15) is 24.0 Å². The third-order valence-corrected chi connectivity index (χ3v) is 14.0. The molecule has 1 aromatic carbocycles. The van der Waals surface area contributed by atoms with Gasteiger partial charge >= 0.3 is 0 Å². The van der Waals surface area contributed by atoms with Gasteiger partial charge in [0, 0.05) is 74.8 Å². The lowest BCUT2D eigenvalue weighted by molar-refractivity contribution is -0.137. The summed E-state index contributed by atoms with van der Waals surface area (Å²) < 4.78 is 14.0. The lowest BCUT2D eigenvalue weighted by Gasteiger charge is -2.49. The second-order valence-corrected chi connectivity index (χ2v) is 18.7. The summed E-state index contributed by atoms with van der Waals surface area (Å²) in [5.41, 5.74) is 2.40. The second kappa shape index (κ2) is 18.3. The van der Waals surface area contributed by atoms with Crippen LogP contribution in [0, 0.1) is 0 Å². The van der Waals surface area contributed by atoms with Crippen LogP contribution in [0.5, 0.6) is 5.75 Å². The SMILES string of the molecule is CCC(=O)COc1cc2cc(Nc3nc(N4CCC(OC5CC(N6CCN(c7ccc8c(n7)C(C)N(C7CCC(=O)NC7=O)C8=O)[C@H](C)C6)C5)CC4)ncc3Cl)ccc2n(C(C)C)c1=O. The molecule has 5 aliphatic rings. The zero-order chi connectivity index (χ0) is 45.7. The van der Waals surface area contributed by atoms with Gasteiger partial charge in [0.2, 0.25) is 17.8 Å². The fraction of sp³-hybridized carbons (Fsp3) is 0.532. The number of piperidine rings is 2. The lowest BCUT2D eigenvalue weighted by Crippen LogP contribution is -2.59. The third kappa shape index (κ3) is 8.89. The minimum absolute atomic E-state index is 0.0835. The van der Waals surface area contributed by atoms with Crippen LogP contribution in [-0.4, -0.2) is 122 Å². The molecule has 0 bridgehead atoms. The number of amides is 3. The molecule has 344 valence electrons. The highest BCUT2D eigenvalue weighted by Gasteiger charge is 2.45. The quantitative estimate of drug-likeness (QED) is 0.159. The Bertz CT molecular complexity index is 2570. The molecule has 17 nitrogen and oxygen atoms in total. The molecule has 18 heteroatoms.